The van der Waals surface area contributed by atoms with E-state index in [4.69, 9.17) is 5.73 Å². The van der Waals surface area contributed by atoms with Crippen molar-refractivity contribution >= 4 is 11.7 Å². The van der Waals surface area contributed by atoms with Crippen molar-refractivity contribution in [2.24, 2.45) is 5.92 Å². The predicted molar refractivity (Wildman–Crippen MR) is 81.5 cm³/mol. The highest BCUT2D eigenvalue weighted by atomic mass is 16.1. The second-order valence-electron chi connectivity index (χ2n) is 5.91. The zero-order chi connectivity index (χ0) is 14.5. The van der Waals surface area contributed by atoms with Crippen LogP contribution < -0.4 is 11.1 Å². The molecule has 1 aromatic heterocycles. The summed E-state index contributed by atoms with van der Waals surface area (Å²) in [6, 6.07) is 3.80. The molecule has 1 amide bonds. The smallest absolute Gasteiger partial charge is 0.251 e. The van der Waals surface area contributed by atoms with Gasteiger partial charge < -0.3 is 11.1 Å². The fourth-order valence-corrected chi connectivity index (χ4v) is 2.82. The van der Waals surface area contributed by atoms with Gasteiger partial charge in [0.15, 0.2) is 0 Å². The van der Waals surface area contributed by atoms with Gasteiger partial charge in [0.1, 0.15) is 5.82 Å². The van der Waals surface area contributed by atoms with Gasteiger partial charge in [0.05, 0.1) is 0 Å². The van der Waals surface area contributed by atoms with E-state index in [1.54, 1.807) is 6.07 Å². The van der Waals surface area contributed by atoms with Crippen LogP contribution in [0.4, 0.5) is 5.82 Å². The van der Waals surface area contributed by atoms with E-state index in [1.165, 1.54) is 19.3 Å². The normalized spacial score (nSPS) is 23.1. The molecular weight excluding hydrogens is 250 g/mol. The van der Waals surface area contributed by atoms with E-state index in [0.29, 0.717) is 17.4 Å². The minimum Gasteiger partial charge on any atom is -0.384 e. The van der Waals surface area contributed by atoms with Crippen LogP contribution in [0.25, 0.3) is 0 Å². The third-order valence-electron chi connectivity index (χ3n) is 4.12. The Morgan fingerprint density at radius 1 is 1.35 bits per heavy atom. The largest absolute Gasteiger partial charge is 0.384 e. The van der Waals surface area contributed by atoms with Gasteiger partial charge in [0.2, 0.25) is 0 Å². The summed E-state index contributed by atoms with van der Waals surface area (Å²) in [4.78, 5) is 16.5. The first-order chi connectivity index (χ1) is 9.58. The zero-order valence-corrected chi connectivity index (χ0v) is 12.5. The molecule has 0 aliphatic heterocycles. The summed E-state index contributed by atoms with van der Waals surface area (Å²) in [5.41, 5.74) is 7.25. The van der Waals surface area contributed by atoms with Crippen molar-refractivity contribution in [3.8, 4) is 0 Å². The molecule has 1 aliphatic carbocycles. The highest BCUT2D eigenvalue weighted by Gasteiger charge is 2.19. The van der Waals surface area contributed by atoms with E-state index in [-0.39, 0.29) is 5.91 Å². The predicted octanol–water partition coefficient (Wildman–Crippen LogP) is 2.92. The maximum Gasteiger partial charge on any atom is 0.251 e. The van der Waals surface area contributed by atoms with Crippen molar-refractivity contribution in [3.05, 3.63) is 23.4 Å². The first-order valence-corrected chi connectivity index (χ1v) is 7.65. The van der Waals surface area contributed by atoms with Crippen LogP contribution in [-0.2, 0) is 6.42 Å². The van der Waals surface area contributed by atoms with E-state index in [9.17, 15) is 4.79 Å². The van der Waals surface area contributed by atoms with E-state index in [0.717, 1.165) is 30.9 Å². The number of nitrogens with zero attached hydrogens (tertiary/aromatic N) is 1. The molecule has 110 valence electrons. The van der Waals surface area contributed by atoms with Crippen LogP contribution in [-0.4, -0.2) is 16.9 Å². The average molecular weight is 275 g/mol. The van der Waals surface area contributed by atoms with E-state index >= 15 is 0 Å². The molecule has 0 bridgehead atoms. The Kier molecular flexibility index (Phi) is 4.99. The van der Waals surface area contributed by atoms with Crippen LogP contribution in [0.5, 0.6) is 0 Å². The van der Waals surface area contributed by atoms with Gasteiger partial charge in [-0.25, -0.2) is 4.98 Å². The van der Waals surface area contributed by atoms with Crippen molar-refractivity contribution < 1.29 is 4.79 Å². The van der Waals surface area contributed by atoms with Crippen LogP contribution in [0.1, 0.15) is 62.0 Å². The van der Waals surface area contributed by atoms with Gasteiger partial charge in [-0.3, -0.25) is 4.79 Å². The highest BCUT2D eigenvalue weighted by molar-refractivity contribution is 5.95. The first-order valence-electron chi connectivity index (χ1n) is 7.65. The number of nitrogens with one attached hydrogen (secondary N) is 1. The van der Waals surface area contributed by atoms with Gasteiger partial charge in [-0.1, -0.05) is 26.7 Å². The molecule has 1 saturated carbocycles. The maximum absolute atomic E-state index is 12.3. The fraction of sp³-hybridized carbons (Fsp3) is 0.625. The third kappa shape index (κ3) is 3.95. The number of nitrogen functional groups attached to an aromatic ring is 1. The van der Waals surface area contributed by atoms with Gasteiger partial charge in [-0.2, -0.15) is 0 Å². The molecule has 1 fully saturated rings. The average Bonchev–Trinajstić information content (AvgIpc) is 2.63. The summed E-state index contributed by atoms with van der Waals surface area (Å²) >= 11 is 0. The summed E-state index contributed by atoms with van der Waals surface area (Å²) in [5.74, 6) is 1.18. The number of rotatable bonds is 3. The third-order valence-corrected chi connectivity index (χ3v) is 4.12. The summed E-state index contributed by atoms with van der Waals surface area (Å²) in [7, 11) is 0. The molecule has 0 aromatic carbocycles. The Morgan fingerprint density at radius 3 is 2.90 bits per heavy atom. The summed E-state index contributed by atoms with van der Waals surface area (Å²) in [6.45, 7) is 4.30. The second-order valence-corrected chi connectivity index (χ2v) is 5.91. The summed E-state index contributed by atoms with van der Waals surface area (Å²) in [6.07, 6.45) is 6.61. The molecule has 1 aliphatic rings. The Morgan fingerprint density at radius 2 is 2.15 bits per heavy atom. The van der Waals surface area contributed by atoms with Gasteiger partial charge in [-0.05, 0) is 43.7 Å². The molecule has 0 saturated heterocycles. The van der Waals surface area contributed by atoms with Gasteiger partial charge in [0.25, 0.3) is 5.91 Å². The summed E-state index contributed by atoms with van der Waals surface area (Å²) in [5, 5.41) is 3.15. The van der Waals surface area contributed by atoms with Crippen LogP contribution in [0.3, 0.4) is 0 Å². The molecule has 3 N–H and O–H groups in total. The Balaban J connectivity index is 2.02. The van der Waals surface area contributed by atoms with Gasteiger partial charge >= 0.3 is 0 Å². The maximum atomic E-state index is 12.3. The van der Waals surface area contributed by atoms with Crippen molar-refractivity contribution in [2.45, 2.75) is 58.4 Å². The molecule has 0 radical (unpaired) electrons. The standard InChI is InChI=1S/C16H25N3O/c1-3-13-9-12(10-15(17)18-13)16(20)19-14-6-4-5-11(2)7-8-14/h9-11,14H,3-8H2,1-2H3,(H2,17,18)(H,19,20). The molecule has 1 heterocycles. The van der Waals surface area contributed by atoms with Crippen molar-refractivity contribution in [1.82, 2.24) is 10.3 Å². The number of aromatic nitrogens is 1. The lowest BCUT2D eigenvalue weighted by Crippen LogP contribution is -2.34. The monoisotopic (exact) mass is 275 g/mol. The number of aryl methyl sites for hydroxylation is 1. The van der Waals surface area contributed by atoms with Gasteiger partial charge in [-0.15, -0.1) is 0 Å². The SMILES string of the molecule is CCc1cc(C(=O)NC2CCCC(C)CC2)cc(N)n1. The van der Waals surface area contributed by atoms with Crippen LogP contribution in [0, 0.1) is 5.92 Å². The van der Waals surface area contributed by atoms with Crippen LogP contribution in [0.2, 0.25) is 0 Å². The highest BCUT2D eigenvalue weighted by Crippen LogP contribution is 2.23. The molecule has 4 nitrogen and oxygen atoms in total. The number of nitrogens with two attached hydrogens (primary N) is 1. The van der Waals surface area contributed by atoms with Gasteiger partial charge in [0, 0.05) is 17.3 Å². The number of pyridine rings is 1. The van der Waals surface area contributed by atoms with Crippen molar-refractivity contribution in [3.63, 3.8) is 0 Å². The lowest BCUT2D eigenvalue weighted by molar-refractivity contribution is 0.0933. The lowest BCUT2D eigenvalue weighted by atomic mass is 10.0. The number of carbonyl (C=O) groups is 1. The Labute approximate surface area is 121 Å². The van der Waals surface area contributed by atoms with E-state index < -0.39 is 0 Å². The summed E-state index contributed by atoms with van der Waals surface area (Å²) < 4.78 is 0. The molecule has 1 aromatic rings. The molecule has 0 spiro atoms. The number of hydrogen-bond acceptors (Lipinski definition) is 3. The van der Waals surface area contributed by atoms with E-state index in [2.05, 4.69) is 17.2 Å². The number of amides is 1. The molecule has 4 heteroatoms. The fourth-order valence-electron chi connectivity index (χ4n) is 2.82. The van der Waals surface area contributed by atoms with Crippen molar-refractivity contribution in [1.29, 1.82) is 0 Å². The van der Waals surface area contributed by atoms with Crippen molar-refractivity contribution in [2.75, 3.05) is 5.73 Å². The molecular formula is C16H25N3O. The van der Waals surface area contributed by atoms with E-state index in [1.807, 2.05) is 13.0 Å². The van der Waals surface area contributed by atoms with Crippen LogP contribution >= 0.6 is 0 Å². The minimum absolute atomic E-state index is 0.0200. The molecule has 20 heavy (non-hydrogen) atoms. The minimum atomic E-state index is -0.0200. The van der Waals surface area contributed by atoms with Crippen LogP contribution in [0.15, 0.2) is 12.1 Å². The lowest BCUT2D eigenvalue weighted by Gasteiger charge is -2.16. The topological polar surface area (TPSA) is 68.0 Å². The molecule has 2 atom stereocenters. The second kappa shape index (κ2) is 6.73. The number of anilines is 1. The Bertz CT molecular complexity index is 473. The first kappa shape index (κ1) is 14.8. The quantitative estimate of drug-likeness (QED) is 0.833. The molecule has 2 unspecified atom stereocenters. The molecule has 2 rings (SSSR count). The number of carbonyl (C=O) groups excluding carboxylic acids is 1. The zero-order valence-electron chi connectivity index (χ0n) is 12.5. The Hall–Kier alpha value is -1.58. The number of hydrogen-bond donors (Lipinski definition) is 2.